The molecule has 1 atom stereocenters. The fraction of sp³-hybridized carbons (Fsp3) is 0.381. The first-order valence-electron chi connectivity index (χ1n) is 8.69. The zero-order valence-corrected chi connectivity index (χ0v) is 16.5. The predicted octanol–water partition coefficient (Wildman–Crippen LogP) is 2.84. The molecule has 0 radical (unpaired) electrons. The normalized spacial score (nSPS) is 12.3. The minimum atomic E-state index is -0.804. The molecule has 0 bridgehead atoms. The number of nitrogens with one attached hydrogen (secondary N) is 1. The van der Waals surface area contributed by atoms with E-state index in [1.165, 1.54) is 0 Å². The van der Waals surface area contributed by atoms with Gasteiger partial charge in [-0.15, -0.1) is 12.4 Å². The van der Waals surface area contributed by atoms with Crippen LogP contribution in [0.2, 0.25) is 0 Å². The van der Waals surface area contributed by atoms with Crippen molar-refractivity contribution in [2.24, 2.45) is 0 Å². The molecular weight excluding hydrogens is 348 g/mol. The molecule has 2 rings (SSSR count). The Labute approximate surface area is 162 Å². The summed E-state index contributed by atoms with van der Waals surface area (Å²) in [7, 11) is 4.05. The van der Waals surface area contributed by atoms with E-state index in [0.717, 1.165) is 11.1 Å². The van der Waals surface area contributed by atoms with Crippen LogP contribution < -0.4 is 5.32 Å². The van der Waals surface area contributed by atoms with Crippen molar-refractivity contribution in [2.45, 2.75) is 24.8 Å². The third-order valence-electron chi connectivity index (χ3n) is 4.80. The number of carbonyl (C=O) groups excluding carboxylic acids is 1. The van der Waals surface area contributed by atoms with E-state index in [4.69, 9.17) is 5.11 Å². The van der Waals surface area contributed by atoms with Crippen molar-refractivity contribution >= 4 is 18.3 Å². The van der Waals surface area contributed by atoms with Gasteiger partial charge in [-0.25, -0.2) is 0 Å². The molecule has 142 valence electrons. The highest BCUT2D eigenvalue weighted by molar-refractivity contribution is 5.92. The van der Waals surface area contributed by atoms with Gasteiger partial charge in [0.25, 0.3) is 0 Å². The zero-order chi connectivity index (χ0) is 18.3. The number of benzene rings is 2. The number of halogens is 1. The van der Waals surface area contributed by atoms with Crippen molar-refractivity contribution in [3.63, 3.8) is 0 Å². The van der Waals surface area contributed by atoms with Gasteiger partial charge in [-0.2, -0.15) is 0 Å². The Morgan fingerprint density at radius 2 is 1.50 bits per heavy atom. The molecule has 0 aliphatic rings. The molecule has 0 saturated heterocycles. The van der Waals surface area contributed by atoms with E-state index in [9.17, 15) is 4.79 Å². The lowest BCUT2D eigenvalue weighted by Crippen LogP contribution is -2.49. The van der Waals surface area contributed by atoms with Crippen LogP contribution in [0.1, 0.15) is 24.5 Å². The molecule has 5 heteroatoms. The molecular formula is C21H29ClN2O2. The minimum absolute atomic E-state index is 0. The van der Waals surface area contributed by atoms with Gasteiger partial charge in [-0.05, 0) is 38.6 Å². The zero-order valence-electron chi connectivity index (χ0n) is 15.7. The Morgan fingerprint density at radius 3 is 1.88 bits per heavy atom. The molecule has 2 aromatic carbocycles. The monoisotopic (exact) mass is 376 g/mol. The summed E-state index contributed by atoms with van der Waals surface area (Å²) in [4.78, 5) is 15.5. The number of amides is 1. The van der Waals surface area contributed by atoms with E-state index in [-0.39, 0.29) is 37.5 Å². The van der Waals surface area contributed by atoms with Gasteiger partial charge in [0.2, 0.25) is 5.91 Å². The average molecular weight is 377 g/mol. The summed E-state index contributed by atoms with van der Waals surface area (Å²) < 4.78 is 0. The Hall–Kier alpha value is -1.88. The van der Waals surface area contributed by atoms with Crippen LogP contribution in [-0.4, -0.2) is 49.2 Å². The van der Waals surface area contributed by atoms with Gasteiger partial charge in [0.1, 0.15) is 5.41 Å². The average Bonchev–Trinajstić information content (AvgIpc) is 2.65. The highest BCUT2D eigenvalue weighted by Crippen LogP contribution is 2.38. The largest absolute Gasteiger partial charge is 0.395 e. The van der Waals surface area contributed by atoms with E-state index < -0.39 is 5.41 Å². The van der Waals surface area contributed by atoms with Gasteiger partial charge in [-0.1, -0.05) is 60.7 Å². The van der Waals surface area contributed by atoms with Gasteiger partial charge in [0.15, 0.2) is 0 Å². The van der Waals surface area contributed by atoms with Crippen molar-refractivity contribution in [2.75, 3.05) is 27.2 Å². The van der Waals surface area contributed by atoms with Crippen LogP contribution >= 0.6 is 12.4 Å². The number of hydrogen-bond donors (Lipinski definition) is 2. The molecule has 0 aliphatic heterocycles. The Balaban J connectivity index is 0.00000338. The first-order valence-corrected chi connectivity index (χ1v) is 8.69. The van der Waals surface area contributed by atoms with Crippen LogP contribution in [0.3, 0.4) is 0 Å². The van der Waals surface area contributed by atoms with Gasteiger partial charge in [0.05, 0.1) is 6.61 Å². The lowest BCUT2D eigenvalue weighted by Gasteiger charge is -2.37. The molecule has 2 N–H and O–H groups in total. The number of rotatable bonds is 8. The first-order chi connectivity index (χ1) is 12.0. The fourth-order valence-corrected chi connectivity index (χ4v) is 3.15. The molecule has 0 aliphatic carbocycles. The van der Waals surface area contributed by atoms with Crippen molar-refractivity contribution in [1.29, 1.82) is 0 Å². The van der Waals surface area contributed by atoms with Gasteiger partial charge in [0, 0.05) is 12.6 Å². The van der Waals surface area contributed by atoms with E-state index in [2.05, 4.69) is 17.1 Å². The third-order valence-corrected chi connectivity index (χ3v) is 4.80. The van der Waals surface area contributed by atoms with Crippen LogP contribution in [0.4, 0.5) is 0 Å². The SMILES string of the molecule is CC(CC(C(=O)NCCO)(c1ccccc1)c1ccccc1)N(C)C.Cl. The lowest BCUT2D eigenvalue weighted by molar-refractivity contribution is -0.126. The molecule has 26 heavy (non-hydrogen) atoms. The number of aliphatic hydroxyl groups is 1. The third kappa shape index (κ3) is 4.85. The number of nitrogens with zero attached hydrogens (tertiary/aromatic N) is 1. The number of aliphatic hydroxyl groups excluding tert-OH is 1. The molecule has 0 aromatic heterocycles. The second-order valence-electron chi connectivity index (χ2n) is 6.63. The Kier molecular flexibility index (Phi) is 8.79. The van der Waals surface area contributed by atoms with Crippen LogP contribution in [0.15, 0.2) is 60.7 Å². The van der Waals surface area contributed by atoms with E-state index in [1.807, 2.05) is 74.8 Å². The Morgan fingerprint density at radius 1 is 1.04 bits per heavy atom. The molecule has 4 nitrogen and oxygen atoms in total. The van der Waals surface area contributed by atoms with Crippen molar-refractivity contribution < 1.29 is 9.90 Å². The van der Waals surface area contributed by atoms with Gasteiger partial charge >= 0.3 is 0 Å². The van der Waals surface area contributed by atoms with Crippen molar-refractivity contribution in [3.05, 3.63) is 71.8 Å². The topological polar surface area (TPSA) is 52.6 Å². The molecule has 2 aromatic rings. The van der Waals surface area contributed by atoms with Crippen LogP contribution in [0.5, 0.6) is 0 Å². The maximum atomic E-state index is 13.3. The summed E-state index contributed by atoms with van der Waals surface area (Å²) in [5, 5.41) is 12.1. The van der Waals surface area contributed by atoms with Crippen molar-refractivity contribution in [3.8, 4) is 0 Å². The number of carbonyl (C=O) groups is 1. The summed E-state index contributed by atoms with van der Waals surface area (Å²) in [5.41, 5.74) is 1.12. The molecule has 0 fully saturated rings. The summed E-state index contributed by atoms with van der Waals surface area (Å²) in [6.07, 6.45) is 0.644. The second-order valence-corrected chi connectivity index (χ2v) is 6.63. The number of hydrogen-bond acceptors (Lipinski definition) is 3. The minimum Gasteiger partial charge on any atom is -0.395 e. The van der Waals surface area contributed by atoms with Crippen LogP contribution in [0.25, 0.3) is 0 Å². The fourth-order valence-electron chi connectivity index (χ4n) is 3.15. The second kappa shape index (κ2) is 10.3. The smallest absolute Gasteiger partial charge is 0.235 e. The van der Waals surface area contributed by atoms with Crippen LogP contribution in [-0.2, 0) is 10.2 Å². The molecule has 0 spiro atoms. The quantitative estimate of drug-likeness (QED) is 0.744. The van der Waals surface area contributed by atoms with E-state index >= 15 is 0 Å². The van der Waals surface area contributed by atoms with E-state index in [0.29, 0.717) is 6.42 Å². The molecule has 0 heterocycles. The summed E-state index contributed by atoms with van der Waals surface area (Å²) in [6.45, 7) is 2.30. The standard InChI is InChI=1S/C21H28N2O2.ClH/c1-17(23(2)3)16-21(20(25)22-14-15-24,18-10-6-4-7-11-18)19-12-8-5-9-13-19;/h4-13,17,24H,14-16H2,1-3H3,(H,22,25);1H. The summed E-state index contributed by atoms with van der Waals surface area (Å²) in [6, 6.07) is 20.0. The van der Waals surface area contributed by atoms with Gasteiger partial charge < -0.3 is 15.3 Å². The maximum absolute atomic E-state index is 13.3. The van der Waals surface area contributed by atoms with Crippen molar-refractivity contribution in [1.82, 2.24) is 10.2 Å². The first kappa shape index (κ1) is 22.2. The highest BCUT2D eigenvalue weighted by Gasteiger charge is 2.43. The maximum Gasteiger partial charge on any atom is 0.235 e. The molecule has 0 saturated carbocycles. The Bertz CT molecular complexity index is 623. The van der Waals surface area contributed by atoms with E-state index in [1.54, 1.807) is 0 Å². The molecule has 1 amide bonds. The summed E-state index contributed by atoms with van der Waals surface area (Å²) >= 11 is 0. The predicted molar refractivity (Wildman–Crippen MR) is 109 cm³/mol. The molecule has 1 unspecified atom stereocenters. The van der Waals surface area contributed by atoms with Gasteiger partial charge in [-0.3, -0.25) is 4.79 Å². The lowest BCUT2D eigenvalue weighted by atomic mass is 9.69. The van der Waals surface area contributed by atoms with Crippen LogP contribution in [0, 0.1) is 0 Å². The highest BCUT2D eigenvalue weighted by atomic mass is 35.5. The summed E-state index contributed by atoms with van der Waals surface area (Å²) in [5.74, 6) is -0.0762.